The van der Waals surface area contributed by atoms with Crippen molar-refractivity contribution in [3.05, 3.63) is 79.1 Å². The van der Waals surface area contributed by atoms with Crippen molar-refractivity contribution in [2.75, 3.05) is 25.5 Å². The zero-order valence-corrected chi connectivity index (χ0v) is 20.6. The Bertz CT molecular complexity index is 1620. The number of sulfonamides is 1. The van der Waals surface area contributed by atoms with E-state index in [-0.39, 0.29) is 17.3 Å². The molecule has 0 saturated carbocycles. The van der Waals surface area contributed by atoms with Gasteiger partial charge in [-0.2, -0.15) is 4.98 Å². The average Bonchev–Trinajstić information content (AvgIpc) is 3.51. The molecular weight excluding hydrogens is 499 g/mol. The highest BCUT2D eigenvalue weighted by Gasteiger charge is 2.19. The van der Waals surface area contributed by atoms with Crippen LogP contribution in [0.2, 0.25) is 0 Å². The van der Waals surface area contributed by atoms with Crippen LogP contribution in [0.4, 0.5) is 10.3 Å². The van der Waals surface area contributed by atoms with E-state index in [4.69, 9.17) is 9.15 Å². The summed E-state index contributed by atoms with van der Waals surface area (Å²) >= 11 is 0. The lowest BCUT2D eigenvalue weighted by atomic mass is 10.1. The van der Waals surface area contributed by atoms with Gasteiger partial charge >= 0.3 is 5.84 Å². The second-order valence-electron chi connectivity index (χ2n) is 7.99. The predicted molar refractivity (Wildman–Crippen MR) is 135 cm³/mol. The molecule has 12 heteroatoms. The minimum absolute atomic E-state index is 0.167. The van der Waals surface area contributed by atoms with Crippen molar-refractivity contribution >= 4 is 21.8 Å². The minimum atomic E-state index is -3.62. The number of hydrogen-bond donors (Lipinski definition) is 2. The summed E-state index contributed by atoms with van der Waals surface area (Å²) < 4.78 is 53.2. The van der Waals surface area contributed by atoms with Gasteiger partial charge in [0.1, 0.15) is 29.2 Å². The molecule has 5 aromatic rings. The maximum absolute atomic E-state index is 13.5. The van der Waals surface area contributed by atoms with Crippen molar-refractivity contribution in [2.45, 2.75) is 11.3 Å². The Labute approximate surface area is 212 Å². The van der Waals surface area contributed by atoms with Crippen LogP contribution in [0.3, 0.4) is 0 Å². The molecule has 0 fully saturated rings. The van der Waals surface area contributed by atoms with Crippen LogP contribution in [0, 0.1) is 5.82 Å². The summed E-state index contributed by atoms with van der Waals surface area (Å²) in [6, 6.07) is 14.0. The Kier molecular flexibility index (Phi) is 6.84. The average molecular weight is 523 g/mol. The molecule has 0 bridgehead atoms. The highest BCUT2D eigenvalue weighted by atomic mass is 32.2. The molecule has 2 N–H and O–H groups in total. The van der Waals surface area contributed by atoms with Crippen LogP contribution >= 0.6 is 0 Å². The molecule has 0 radical (unpaired) electrons. The van der Waals surface area contributed by atoms with Gasteiger partial charge in [0.25, 0.3) is 0 Å². The predicted octanol–water partition coefficient (Wildman–Crippen LogP) is 3.98. The van der Waals surface area contributed by atoms with E-state index >= 15 is 0 Å². The number of oxazole rings is 1. The molecule has 10 nitrogen and oxygen atoms in total. The fraction of sp³-hybridized carbons (Fsp3) is 0.160. The second kappa shape index (κ2) is 10.4. The van der Waals surface area contributed by atoms with Crippen LogP contribution < -0.4 is 14.8 Å². The third kappa shape index (κ3) is 5.29. The molecule has 2 aromatic carbocycles. The van der Waals surface area contributed by atoms with E-state index in [0.717, 1.165) is 0 Å². The van der Waals surface area contributed by atoms with E-state index in [0.29, 0.717) is 53.2 Å². The number of aromatic nitrogens is 4. The molecule has 0 amide bonds. The standard InChI is InChI=1S/C25H23FN6O4S/c1-35-19-7-9-20(10-8-19)37(33,34)29-13-2-12-27-24-28-14-11-21(30-24)23-22(17-3-5-18(26)6-4-17)31-25-32(23)15-16-36-25/h3-11,14-16,29H,2,12-13H2,1H3,(H,27,28,30). The number of nitrogens with zero attached hydrogens (tertiary/aromatic N) is 4. The number of fused-ring (bicyclic) bond motifs is 1. The summed E-state index contributed by atoms with van der Waals surface area (Å²) in [5, 5.41) is 3.12. The smallest absolute Gasteiger partial charge is 0.306 e. The number of ether oxygens (including phenoxy) is 1. The summed E-state index contributed by atoms with van der Waals surface area (Å²) in [7, 11) is -2.10. The van der Waals surface area contributed by atoms with Crippen molar-refractivity contribution in [3.63, 3.8) is 0 Å². The zero-order chi connectivity index (χ0) is 25.8. The van der Waals surface area contributed by atoms with E-state index in [2.05, 4.69) is 25.0 Å². The Morgan fingerprint density at radius 2 is 1.81 bits per heavy atom. The molecule has 37 heavy (non-hydrogen) atoms. The number of hydrogen-bond acceptors (Lipinski definition) is 8. The summed E-state index contributed by atoms with van der Waals surface area (Å²) in [6.45, 7) is 0.668. The van der Waals surface area contributed by atoms with Crippen molar-refractivity contribution < 1.29 is 22.0 Å². The van der Waals surface area contributed by atoms with E-state index < -0.39 is 10.0 Å². The van der Waals surface area contributed by atoms with Crippen LogP contribution in [-0.4, -0.2) is 48.0 Å². The summed E-state index contributed by atoms with van der Waals surface area (Å²) in [6.07, 6.45) is 5.37. The number of nitrogens with one attached hydrogen (secondary N) is 2. The molecule has 0 aliphatic heterocycles. The lowest BCUT2D eigenvalue weighted by molar-refractivity contribution is 0.414. The van der Waals surface area contributed by atoms with Crippen LogP contribution in [0.5, 0.6) is 5.75 Å². The van der Waals surface area contributed by atoms with Crippen molar-refractivity contribution in [1.29, 1.82) is 0 Å². The Morgan fingerprint density at radius 3 is 2.57 bits per heavy atom. The molecule has 5 rings (SSSR count). The Morgan fingerprint density at radius 1 is 1.03 bits per heavy atom. The number of rotatable bonds is 10. The molecule has 0 unspecified atom stereocenters. The normalized spacial score (nSPS) is 11.6. The Hall–Kier alpha value is -4.29. The lowest BCUT2D eigenvalue weighted by Gasteiger charge is -2.09. The van der Waals surface area contributed by atoms with E-state index in [1.807, 2.05) is 0 Å². The fourth-order valence-electron chi connectivity index (χ4n) is 3.75. The zero-order valence-electron chi connectivity index (χ0n) is 19.8. The van der Waals surface area contributed by atoms with Crippen molar-refractivity contribution in [1.82, 2.24) is 24.1 Å². The summed E-state index contributed by atoms with van der Waals surface area (Å²) in [4.78, 5) is 13.6. The van der Waals surface area contributed by atoms with Crippen LogP contribution in [-0.2, 0) is 10.0 Å². The second-order valence-corrected chi connectivity index (χ2v) is 9.76. The molecule has 0 atom stereocenters. The molecular formula is C25H23FN6O4S. The van der Waals surface area contributed by atoms with Crippen LogP contribution in [0.25, 0.3) is 28.5 Å². The first-order chi connectivity index (χ1) is 17.9. The molecule has 190 valence electrons. The maximum Gasteiger partial charge on any atom is 0.306 e. The first-order valence-electron chi connectivity index (χ1n) is 11.4. The third-order valence-corrected chi connectivity index (χ3v) is 7.05. The molecule has 0 spiro atoms. The van der Waals surface area contributed by atoms with Gasteiger partial charge in [0, 0.05) is 31.0 Å². The maximum atomic E-state index is 13.5. The van der Waals surface area contributed by atoms with Gasteiger partial charge in [-0.3, -0.25) is 4.40 Å². The molecule has 0 aliphatic rings. The van der Waals surface area contributed by atoms with Gasteiger partial charge in [0.2, 0.25) is 16.0 Å². The lowest BCUT2D eigenvalue weighted by Crippen LogP contribution is -2.26. The van der Waals surface area contributed by atoms with Crippen LogP contribution in [0.15, 0.2) is 82.6 Å². The number of methoxy groups -OCH3 is 1. The first kappa shape index (κ1) is 24.4. The third-order valence-electron chi connectivity index (χ3n) is 5.58. The quantitative estimate of drug-likeness (QED) is 0.264. The molecule has 3 aromatic heterocycles. The number of benzene rings is 2. The van der Waals surface area contributed by atoms with Gasteiger partial charge in [0.05, 0.1) is 17.7 Å². The van der Waals surface area contributed by atoms with Gasteiger partial charge in [0.15, 0.2) is 0 Å². The highest BCUT2D eigenvalue weighted by Crippen LogP contribution is 2.32. The SMILES string of the molecule is COc1ccc(S(=O)(=O)NCCCNc2nccc(-c3c(-c4ccc(F)cc4)nc4occn34)n2)cc1. The number of anilines is 1. The van der Waals surface area contributed by atoms with Gasteiger partial charge in [-0.1, -0.05) is 0 Å². The van der Waals surface area contributed by atoms with E-state index in [1.165, 1.54) is 37.6 Å². The first-order valence-corrected chi connectivity index (χ1v) is 12.9. The number of halogens is 1. The Balaban J connectivity index is 1.26. The van der Waals surface area contributed by atoms with Gasteiger partial charge in [-0.05, 0) is 61.0 Å². The fourth-order valence-corrected chi connectivity index (χ4v) is 4.82. The number of imidazole rings is 1. The largest absolute Gasteiger partial charge is 0.497 e. The molecule has 0 saturated heterocycles. The highest BCUT2D eigenvalue weighted by molar-refractivity contribution is 7.89. The van der Waals surface area contributed by atoms with Gasteiger partial charge in [-0.25, -0.2) is 27.5 Å². The van der Waals surface area contributed by atoms with Crippen molar-refractivity contribution in [2.24, 2.45) is 0 Å². The van der Waals surface area contributed by atoms with E-state index in [1.54, 1.807) is 47.1 Å². The summed E-state index contributed by atoms with van der Waals surface area (Å²) in [5.74, 6) is 0.998. The summed E-state index contributed by atoms with van der Waals surface area (Å²) in [5.41, 5.74) is 2.57. The van der Waals surface area contributed by atoms with Gasteiger partial charge in [-0.15, -0.1) is 0 Å². The minimum Gasteiger partial charge on any atom is -0.497 e. The van der Waals surface area contributed by atoms with Gasteiger partial charge < -0.3 is 14.5 Å². The van der Waals surface area contributed by atoms with Crippen molar-refractivity contribution in [3.8, 4) is 28.4 Å². The van der Waals surface area contributed by atoms with Crippen LogP contribution in [0.1, 0.15) is 6.42 Å². The van der Waals surface area contributed by atoms with E-state index in [9.17, 15) is 12.8 Å². The topological polar surface area (TPSA) is 124 Å². The molecule has 0 aliphatic carbocycles. The molecule has 3 heterocycles. The monoisotopic (exact) mass is 522 g/mol.